The minimum atomic E-state index is -0.408. The number of hydrogen-bond acceptors (Lipinski definition) is 4. The molecule has 2 aromatic carbocycles. The Labute approximate surface area is 132 Å². The van der Waals surface area contributed by atoms with E-state index in [2.05, 4.69) is 10.2 Å². The van der Waals surface area contributed by atoms with E-state index in [1.165, 1.54) is 4.57 Å². The third kappa shape index (κ3) is 3.06. The average molecular weight is 309 g/mol. The molecule has 1 aromatic heterocycles. The third-order valence-electron chi connectivity index (χ3n) is 3.61. The van der Waals surface area contributed by atoms with Gasteiger partial charge in [-0.1, -0.05) is 47.6 Å². The summed E-state index contributed by atoms with van der Waals surface area (Å²) in [6.45, 7) is 0.0769. The molecule has 0 unspecified atom stereocenters. The van der Waals surface area contributed by atoms with Crippen molar-refractivity contribution in [3.63, 3.8) is 0 Å². The van der Waals surface area contributed by atoms with Crippen LogP contribution >= 0.6 is 0 Å². The van der Waals surface area contributed by atoms with Crippen LogP contribution in [-0.2, 0) is 13.0 Å². The first kappa shape index (κ1) is 14.8. The Kier molecular flexibility index (Phi) is 4.05. The Hall–Kier alpha value is -3.15. The topological polar surface area (TPSA) is 87.4 Å². The van der Waals surface area contributed by atoms with Crippen molar-refractivity contribution in [3.8, 4) is 11.6 Å². The predicted octanol–water partition coefficient (Wildman–Crippen LogP) is 2.73. The lowest BCUT2D eigenvalue weighted by atomic mass is 10.1. The van der Waals surface area contributed by atoms with Crippen LogP contribution in [0.2, 0.25) is 0 Å². The van der Waals surface area contributed by atoms with Crippen LogP contribution in [0.25, 0.3) is 5.69 Å². The smallest absolute Gasteiger partial charge is 0.333 e. The first-order valence-electron chi connectivity index (χ1n) is 7.14. The number of aromatic hydroxyl groups is 1. The highest BCUT2D eigenvalue weighted by atomic mass is 16.3. The largest absolute Gasteiger partial charge is 0.493 e. The van der Waals surface area contributed by atoms with Gasteiger partial charge in [0.1, 0.15) is 6.54 Å². The second kappa shape index (κ2) is 6.31. The molecule has 0 saturated carbocycles. The van der Waals surface area contributed by atoms with Crippen LogP contribution in [0.3, 0.4) is 0 Å². The fraction of sp³-hybridized carbons (Fsp3) is 0.118. The maximum atomic E-state index is 12.1. The number of imidazole rings is 1. The minimum absolute atomic E-state index is 0.0769. The highest BCUT2D eigenvalue weighted by molar-refractivity contribution is 5.40. The molecule has 0 saturated heterocycles. The summed E-state index contributed by atoms with van der Waals surface area (Å²) in [7, 11) is 0. The molecule has 0 fully saturated rings. The second-order valence-electron chi connectivity index (χ2n) is 5.18. The van der Waals surface area contributed by atoms with E-state index in [1.807, 2.05) is 30.3 Å². The van der Waals surface area contributed by atoms with Crippen LogP contribution in [-0.4, -0.2) is 14.7 Å². The maximum absolute atomic E-state index is 12.1. The molecule has 0 aliphatic carbocycles. The standard InChI is InChI=1S/C17H15N3O3/c21-16-15(10-12-4-2-1-3-5-12)19-17(22)20(16)14-8-6-13(7-9-14)11-18-23/h1-9,21H,10-11H2,(H,19,22). The molecule has 6 nitrogen and oxygen atoms in total. The Balaban J connectivity index is 1.94. The molecule has 0 bridgehead atoms. The summed E-state index contributed by atoms with van der Waals surface area (Å²) in [4.78, 5) is 25.1. The fourth-order valence-electron chi connectivity index (χ4n) is 2.46. The van der Waals surface area contributed by atoms with Gasteiger partial charge in [0, 0.05) is 6.42 Å². The van der Waals surface area contributed by atoms with Crippen LogP contribution < -0.4 is 5.69 Å². The number of aromatic amines is 1. The molecule has 1 heterocycles. The van der Waals surface area contributed by atoms with Gasteiger partial charge in [0.15, 0.2) is 0 Å². The van der Waals surface area contributed by atoms with Gasteiger partial charge in [-0.2, -0.15) is 4.91 Å². The van der Waals surface area contributed by atoms with Gasteiger partial charge in [0.25, 0.3) is 0 Å². The number of H-pyrrole nitrogens is 1. The number of nitrogens with one attached hydrogen (secondary N) is 1. The van der Waals surface area contributed by atoms with Gasteiger partial charge >= 0.3 is 5.69 Å². The molecule has 116 valence electrons. The lowest BCUT2D eigenvalue weighted by Gasteiger charge is -2.05. The van der Waals surface area contributed by atoms with Crippen molar-refractivity contribution < 1.29 is 5.11 Å². The summed E-state index contributed by atoms with van der Waals surface area (Å²) in [5.74, 6) is -0.111. The Morgan fingerprint density at radius 2 is 1.70 bits per heavy atom. The Bertz CT molecular complexity index is 864. The number of benzene rings is 2. The van der Waals surface area contributed by atoms with Crippen LogP contribution in [0.4, 0.5) is 0 Å². The highest BCUT2D eigenvalue weighted by Crippen LogP contribution is 2.21. The van der Waals surface area contributed by atoms with Gasteiger partial charge in [-0.15, -0.1) is 0 Å². The summed E-state index contributed by atoms with van der Waals surface area (Å²) in [5.41, 5.74) is 2.31. The Morgan fingerprint density at radius 3 is 2.35 bits per heavy atom. The predicted molar refractivity (Wildman–Crippen MR) is 86.8 cm³/mol. The van der Waals surface area contributed by atoms with Gasteiger partial charge in [-0.25, -0.2) is 9.36 Å². The van der Waals surface area contributed by atoms with Crippen LogP contribution in [0.5, 0.6) is 5.88 Å². The molecule has 0 atom stereocenters. The number of rotatable bonds is 5. The van der Waals surface area contributed by atoms with Crippen LogP contribution in [0, 0.1) is 4.91 Å². The molecule has 23 heavy (non-hydrogen) atoms. The first-order chi connectivity index (χ1) is 11.2. The van der Waals surface area contributed by atoms with E-state index in [0.717, 1.165) is 11.1 Å². The summed E-state index contributed by atoms with van der Waals surface area (Å²) < 4.78 is 1.20. The van der Waals surface area contributed by atoms with Crippen molar-refractivity contribution in [3.05, 3.63) is 86.8 Å². The zero-order chi connectivity index (χ0) is 16.2. The van der Waals surface area contributed by atoms with E-state index < -0.39 is 5.69 Å². The Morgan fingerprint density at radius 1 is 1.00 bits per heavy atom. The second-order valence-corrected chi connectivity index (χ2v) is 5.18. The van der Waals surface area contributed by atoms with Gasteiger partial charge in [0.05, 0.1) is 11.4 Å². The first-order valence-corrected chi connectivity index (χ1v) is 7.14. The molecular weight excluding hydrogens is 294 g/mol. The molecule has 0 aliphatic heterocycles. The van der Waals surface area contributed by atoms with Crippen molar-refractivity contribution in [2.75, 3.05) is 0 Å². The maximum Gasteiger partial charge on any atom is 0.333 e. The number of nitroso groups, excluding NO2 is 1. The van der Waals surface area contributed by atoms with Gasteiger partial charge in [0.2, 0.25) is 5.88 Å². The summed E-state index contributed by atoms with van der Waals surface area (Å²) >= 11 is 0. The van der Waals surface area contributed by atoms with E-state index in [0.29, 0.717) is 17.8 Å². The van der Waals surface area contributed by atoms with E-state index in [-0.39, 0.29) is 12.4 Å². The summed E-state index contributed by atoms with van der Waals surface area (Å²) in [6, 6.07) is 16.3. The molecule has 3 aromatic rings. The van der Waals surface area contributed by atoms with Crippen LogP contribution in [0.1, 0.15) is 16.8 Å². The summed E-state index contributed by atoms with van der Waals surface area (Å²) in [6.07, 6.45) is 0.433. The lowest BCUT2D eigenvalue weighted by molar-refractivity contribution is 0.435. The highest BCUT2D eigenvalue weighted by Gasteiger charge is 2.14. The zero-order valence-electron chi connectivity index (χ0n) is 12.3. The molecule has 0 aliphatic rings. The molecule has 6 heteroatoms. The lowest BCUT2D eigenvalue weighted by Crippen LogP contribution is -2.14. The zero-order valence-corrected chi connectivity index (χ0v) is 12.3. The van der Waals surface area contributed by atoms with E-state index in [4.69, 9.17) is 0 Å². The normalized spacial score (nSPS) is 10.6. The minimum Gasteiger partial charge on any atom is -0.493 e. The molecular formula is C17H15N3O3. The van der Waals surface area contributed by atoms with Crippen molar-refractivity contribution in [1.82, 2.24) is 9.55 Å². The molecule has 2 N–H and O–H groups in total. The van der Waals surface area contributed by atoms with Crippen molar-refractivity contribution in [2.45, 2.75) is 13.0 Å². The van der Waals surface area contributed by atoms with Crippen molar-refractivity contribution in [1.29, 1.82) is 0 Å². The van der Waals surface area contributed by atoms with E-state index in [1.54, 1.807) is 24.3 Å². The number of nitrogens with zero attached hydrogens (tertiary/aromatic N) is 2. The fourth-order valence-corrected chi connectivity index (χ4v) is 2.46. The third-order valence-corrected chi connectivity index (χ3v) is 3.61. The van der Waals surface area contributed by atoms with Gasteiger partial charge < -0.3 is 10.1 Å². The van der Waals surface area contributed by atoms with Gasteiger partial charge in [-0.3, -0.25) is 0 Å². The van der Waals surface area contributed by atoms with Crippen molar-refractivity contribution >= 4 is 0 Å². The molecule has 0 amide bonds. The van der Waals surface area contributed by atoms with E-state index >= 15 is 0 Å². The number of hydrogen-bond donors (Lipinski definition) is 2. The van der Waals surface area contributed by atoms with Crippen molar-refractivity contribution in [2.24, 2.45) is 5.18 Å². The average Bonchev–Trinajstić information content (AvgIpc) is 2.84. The molecule has 0 radical (unpaired) electrons. The molecule has 0 spiro atoms. The van der Waals surface area contributed by atoms with Gasteiger partial charge in [-0.05, 0) is 23.3 Å². The SMILES string of the molecule is O=NCc1ccc(-n2c(O)c(Cc3ccccc3)[nH]c2=O)cc1. The molecule has 3 rings (SSSR count). The monoisotopic (exact) mass is 309 g/mol. The summed E-state index contributed by atoms with van der Waals surface area (Å²) in [5, 5.41) is 13.2. The van der Waals surface area contributed by atoms with Crippen LogP contribution in [0.15, 0.2) is 64.6 Å². The number of aromatic nitrogens is 2. The van der Waals surface area contributed by atoms with E-state index in [9.17, 15) is 14.8 Å². The quantitative estimate of drug-likeness (QED) is 0.710.